The number of carbonyl (C=O) groups excluding carboxylic acids is 3. The predicted octanol–water partition coefficient (Wildman–Crippen LogP) is 0.755. The molecule has 13 heteroatoms. The lowest BCUT2D eigenvalue weighted by atomic mass is 10.1. The largest absolute Gasteiger partial charge is 0.387 e. The monoisotopic (exact) mass is 569 g/mol. The molecule has 3 aromatic rings. The van der Waals surface area contributed by atoms with E-state index < -0.39 is 24.5 Å². The van der Waals surface area contributed by atoms with E-state index in [2.05, 4.69) is 20.3 Å². The predicted molar refractivity (Wildman–Crippen MR) is 120 cm³/mol. The van der Waals surface area contributed by atoms with Crippen molar-refractivity contribution in [3.05, 3.63) is 46.1 Å². The number of fused-ring (bicyclic) bond motifs is 1. The molecule has 0 radical (unpaired) electrons. The topological polar surface area (TPSA) is 166 Å². The number of anilines is 1. The molecule has 0 bridgehead atoms. The lowest BCUT2D eigenvalue weighted by Gasteiger charge is -2.16. The number of benzene rings is 1. The minimum atomic E-state index is -1.19. The highest BCUT2D eigenvalue weighted by atomic mass is 127. The second-order valence-corrected chi connectivity index (χ2v) is 7.74. The Bertz CT molecular complexity index is 1140. The van der Waals surface area contributed by atoms with Crippen molar-refractivity contribution in [1.82, 2.24) is 19.5 Å². The fraction of sp³-hybridized carbons (Fsp3) is 0.350. The van der Waals surface area contributed by atoms with E-state index >= 15 is 0 Å². The zero-order valence-electron chi connectivity index (χ0n) is 17.3. The van der Waals surface area contributed by atoms with Crippen LogP contribution in [-0.2, 0) is 19.1 Å². The lowest BCUT2D eigenvalue weighted by molar-refractivity contribution is -0.191. The van der Waals surface area contributed by atoms with Crippen LogP contribution in [-0.4, -0.2) is 73.3 Å². The Labute approximate surface area is 201 Å². The molecule has 0 aliphatic carbocycles. The van der Waals surface area contributed by atoms with Crippen LogP contribution < -0.4 is 5.32 Å². The Balaban J connectivity index is 0.000000968. The summed E-state index contributed by atoms with van der Waals surface area (Å²) in [7, 11) is 0. The number of rotatable bonds is 6. The summed E-state index contributed by atoms with van der Waals surface area (Å²) in [6, 6.07) is 8.75. The molecule has 0 unspecified atom stereocenters. The smallest absolute Gasteiger partial charge is 0.373 e. The number of aromatic nitrogens is 4. The molecule has 1 aromatic carbocycles. The first-order valence-corrected chi connectivity index (χ1v) is 10.8. The number of hydrogen-bond acceptors (Lipinski definition) is 10. The van der Waals surface area contributed by atoms with Gasteiger partial charge in [-0.3, -0.25) is 9.36 Å². The van der Waals surface area contributed by atoms with Crippen LogP contribution >= 0.6 is 22.6 Å². The molecule has 1 aliphatic heterocycles. The highest BCUT2D eigenvalue weighted by Gasteiger charge is 2.44. The lowest BCUT2D eigenvalue weighted by Crippen LogP contribution is -2.33. The molecular formula is C20H20IN5O7. The fourth-order valence-corrected chi connectivity index (χ4v) is 3.73. The van der Waals surface area contributed by atoms with Gasteiger partial charge in [0, 0.05) is 34.8 Å². The van der Waals surface area contributed by atoms with E-state index in [1.165, 1.54) is 10.9 Å². The zero-order valence-corrected chi connectivity index (χ0v) is 19.4. The van der Waals surface area contributed by atoms with Crippen LogP contribution in [0.25, 0.3) is 11.2 Å². The third-order valence-corrected chi connectivity index (χ3v) is 5.24. The molecule has 1 fully saturated rings. The van der Waals surface area contributed by atoms with Gasteiger partial charge in [0.05, 0.1) is 12.9 Å². The zero-order chi connectivity index (χ0) is 24.0. The second kappa shape index (κ2) is 11.4. The first-order chi connectivity index (χ1) is 15.9. The van der Waals surface area contributed by atoms with Gasteiger partial charge >= 0.3 is 6.15 Å². The second-order valence-electron chi connectivity index (χ2n) is 6.77. The number of nitrogens with zero attached hydrogens (tertiary/aromatic N) is 4. The maximum Gasteiger partial charge on any atom is 0.373 e. The SMILES string of the molecule is CCOC[C@H]1O[C@@H](n2cnc3c(NC(=O)c4ccccc4)nc(I)nc32)[C@H](O)[C@@H]1O.O=C=O. The Morgan fingerprint density at radius 2 is 1.94 bits per heavy atom. The molecule has 1 saturated heterocycles. The van der Waals surface area contributed by atoms with Crippen molar-refractivity contribution in [2.45, 2.75) is 31.5 Å². The number of carbonyl (C=O) groups is 1. The van der Waals surface area contributed by atoms with Crippen LogP contribution in [0.5, 0.6) is 0 Å². The summed E-state index contributed by atoms with van der Waals surface area (Å²) in [5.41, 5.74) is 1.19. The summed E-state index contributed by atoms with van der Waals surface area (Å²) in [6.07, 6.45) is -2.20. The number of hydrogen-bond donors (Lipinski definition) is 3. The minimum Gasteiger partial charge on any atom is -0.387 e. The van der Waals surface area contributed by atoms with E-state index in [1.54, 1.807) is 24.3 Å². The normalized spacial score (nSPS) is 21.8. The molecule has 0 spiro atoms. The van der Waals surface area contributed by atoms with Gasteiger partial charge in [0.25, 0.3) is 5.91 Å². The Kier molecular flexibility index (Phi) is 8.55. The third kappa shape index (κ3) is 5.58. The van der Waals surface area contributed by atoms with Crippen LogP contribution in [0, 0.1) is 3.83 Å². The summed E-state index contributed by atoms with van der Waals surface area (Å²) in [5, 5.41) is 23.6. The van der Waals surface area contributed by atoms with E-state index in [0.717, 1.165) is 0 Å². The van der Waals surface area contributed by atoms with Crippen molar-refractivity contribution in [2.24, 2.45) is 0 Å². The maximum absolute atomic E-state index is 12.6. The molecule has 4 rings (SSSR count). The average Bonchev–Trinajstić information content (AvgIpc) is 3.34. The van der Waals surface area contributed by atoms with Crippen LogP contribution in [0.4, 0.5) is 5.82 Å². The minimum absolute atomic E-state index is 0.156. The first kappa shape index (κ1) is 24.8. The summed E-state index contributed by atoms with van der Waals surface area (Å²) in [4.78, 5) is 41.8. The van der Waals surface area contributed by atoms with Crippen LogP contribution in [0.15, 0.2) is 36.7 Å². The van der Waals surface area contributed by atoms with Crippen molar-refractivity contribution in [1.29, 1.82) is 0 Å². The van der Waals surface area contributed by atoms with E-state index in [4.69, 9.17) is 19.1 Å². The van der Waals surface area contributed by atoms with Crippen molar-refractivity contribution in [2.75, 3.05) is 18.5 Å². The van der Waals surface area contributed by atoms with Crippen molar-refractivity contribution in [3.63, 3.8) is 0 Å². The van der Waals surface area contributed by atoms with Gasteiger partial charge < -0.3 is 25.0 Å². The van der Waals surface area contributed by atoms with Gasteiger partial charge in [-0.1, -0.05) is 18.2 Å². The number of aliphatic hydroxyl groups is 2. The highest BCUT2D eigenvalue weighted by Crippen LogP contribution is 2.32. The molecule has 4 atom stereocenters. The molecule has 2 aromatic heterocycles. The molecule has 174 valence electrons. The molecule has 33 heavy (non-hydrogen) atoms. The summed E-state index contributed by atoms with van der Waals surface area (Å²) in [5.74, 6) is -0.0822. The number of amides is 1. The van der Waals surface area contributed by atoms with Gasteiger partial charge in [-0.25, -0.2) is 15.0 Å². The number of nitrogens with one attached hydrogen (secondary N) is 1. The Hall–Kier alpha value is -2.81. The highest BCUT2D eigenvalue weighted by molar-refractivity contribution is 14.1. The van der Waals surface area contributed by atoms with Gasteiger partial charge in [0.1, 0.15) is 18.3 Å². The molecule has 12 nitrogen and oxygen atoms in total. The molecule has 3 N–H and O–H groups in total. The quantitative estimate of drug-likeness (QED) is 0.285. The molecule has 3 heterocycles. The van der Waals surface area contributed by atoms with E-state index in [1.807, 2.05) is 35.6 Å². The molecule has 0 saturated carbocycles. The molecule has 1 amide bonds. The van der Waals surface area contributed by atoms with Crippen LogP contribution in [0.2, 0.25) is 0 Å². The molecular weight excluding hydrogens is 549 g/mol. The third-order valence-electron chi connectivity index (χ3n) is 4.76. The van der Waals surface area contributed by atoms with Crippen molar-refractivity contribution >= 4 is 51.6 Å². The van der Waals surface area contributed by atoms with E-state index in [9.17, 15) is 15.0 Å². The van der Waals surface area contributed by atoms with Gasteiger partial charge in [-0.15, -0.1) is 0 Å². The summed E-state index contributed by atoms with van der Waals surface area (Å²) in [6.45, 7) is 2.46. The maximum atomic E-state index is 12.6. The Morgan fingerprint density at radius 1 is 1.24 bits per heavy atom. The summed E-state index contributed by atoms with van der Waals surface area (Å²) < 4.78 is 13.0. The van der Waals surface area contributed by atoms with Crippen molar-refractivity contribution in [3.8, 4) is 0 Å². The first-order valence-electron chi connectivity index (χ1n) is 9.76. The van der Waals surface area contributed by atoms with Crippen LogP contribution in [0.1, 0.15) is 23.5 Å². The average molecular weight is 569 g/mol. The van der Waals surface area contributed by atoms with Gasteiger partial charge in [0.15, 0.2) is 27.0 Å². The van der Waals surface area contributed by atoms with Crippen LogP contribution in [0.3, 0.4) is 0 Å². The number of aliphatic hydroxyl groups excluding tert-OH is 2. The van der Waals surface area contributed by atoms with E-state index in [0.29, 0.717) is 27.2 Å². The standard InChI is InChI=1S/C19H20IN5O5.CO2/c1-2-29-8-11-13(26)14(27)18(30-11)25-9-21-12-15(23-19(20)24-16(12)25)22-17(28)10-6-4-3-5-7-10;2-1-3/h3-7,9,11,13-14,18,26-27H,2,8H2,1H3,(H,22,23,24,28);/t11-,13-,14-,18-;/m1./s1. The van der Waals surface area contributed by atoms with Crippen molar-refractivity contribution < 1.29 is 34.1 Å². The number of halogens is 1. The Morgan fingerprint density at radius 3 is 2.61 bits per heavy atom. The summed E-state index contributed by atoms with van der Waals surface area (Å²) >= 11 is 1.94. The number of ether oxygens (including phenoxy) is 2. The van der Waals surface area contributed by atoms with Gasteiger partial charge in [0.2, 0.25) is 0 Å². The fourth-order valence-electron chi connectivity index (χ4n) is 3.26. The van der Waals surface area contributed by atoms with Gasteiger partial charge in [-0.05, 0) is 19.1 Å². The number of imidazole rings is 1. The molecule has 1 aliphatic rings. The van der Waals surface area contributed by atoms with Gasteiger partial charge in [-0.2, -0.15) is 9.59 Å². The van der Waals surface area contributed by atoms with E-state index in [-0.39, 0.29) is 24.5 Å².